The van der Waals surface area contributed by atoms with Crippen LogP contribution in [-0.4, -0.2) is 39.3 Å². The van der Waals surface area contributed by atoms with Gasteiger partial charge in [-0.1, -0.05) is 6.92 Å². The topological polar surface area (TPSA) is 108 Å². The van der Waals surface area contributed by atoms with E-state index in [1.807, 2.05) is 6.92 Å². The van der Waals surface area contributed by atoms with E-state index in [0.29, 0.717) is 23.5 Å². The van der Waals surface area contributed by atoms with Crippen molar-refractivity contribution in [1.29, 1.82) is 0 Å². The zero-order valence-corrected chi connectivity index (χ0v) is 11.3. The first kappa shape index (κ1) is 13.9. The molecule has 0 bridgehead atoms. The van der Waals surface area contributed by atoms with E-state index in [4.69, 9.17) is 10.5 Å². The van der Waals surface area contributed by atoms with Gasteiger partial charge in [0.05, 0.1) is 18.8 Å². The lowest BCUT2D eigenvalue weighted by atomic mass is 10.2. The van der Waals surface area contributed by atoms with Gasteiger partial charge in [0.2, 0.25) is 5.91 Å². The van der Waals surface area contributed by atoms with Gasteiger partial charge in [-0.15, -0.1) is 5.10 Å². The number of nitrogens with two attached hydrogens (primary N) is 1. The van der Waals surface area contributed by atoms with Crippen LogP contribution in [0, 0.1) is 0 Å². The zero-order valence-electron chi connectivity index (χ0n) is 11.3. The molecule has 0 aliphatic heterocycles. The highest BCUT2D eigenvalue weighted by Crippen LogP contribution is 2.23. The van der Waals surface area contributed by atoms with Crippen LogP contribution in [0.2, 0.25) is 0 Å². The number of hydrogen-bond donors (Lipinski definition) is 2. The Labute approximate surface area is 115 Å². The molecule has 0 radical (unpaired) electrons. The molecule has 0 aliphatic carbocycles. The third kappa shape index (κ3) is 3.09. The number of anilines is 1. The maximum atomic E-state index is 11.8. The van der Waals surface area contributed by atoms with Crippen molar-refractivity contribution < 1.29 is 9.53 Å². The highest BCUT2D eigenvalue weighted by molar-refractivity contribution is 5.95. The summed E-state index contributed by atoms with van der Waals surface area (Å²) in [6, 6.07) is 4.65. The van der Waals surface area contributed by atoms with Crippen molar-refractivity contribution in [2.75, 3.05) is 12.4 Å². The lowest BCUT2D eigenvalue weighted by Crippen LogP contribution is -2.34. The molecule has 1 aromatic heterocycles. The molecule has 0 spiro atoms. The molecule has 3 N–H and O–H groups in total. The Morgan fingerprint density at radius 1 is 1.50 bits per heavy atom. The van der Waals surface area contributed by atoms with E-state index in [1.165, 1.54) is 11.0 Å². The van der Waals surface area contributed by atoms with Gasteiger partial charge >= 0.3 is 0 Å². The molecule has 0 aliphatic rings. The second-order valence-corrected chi connectivity index (χ2v) is 4.18. The van der Waals surface area contributed by atoms with Crippen LogP contribution in [0.1, 0.15) is 13.3 Å². The summed E-state index contributed by atoms with van der Waals surface area (Å²) >= 11 is 0. The molecule has 8 nitrogen and oxygen atoms in total. The van der Waals surface area contributed by atoms with Crippen molar-refractivity contribution in [3.05, 3.63) is 24.5 Å². The number of aromatic nitrogens is 4. The number of hydrogen-bond acceptors (Lipinski definition) is 6. The fraction of sp³-hybridized carbons (Fsp3) is 0.333. The van der Waals surface area contributed by atoms with E-state index >= 15 is 0 Å². The van der Waals surface area contributed by atoms with Crippen molar-refractivity contribution in [3.63, 3.8) is 0 Å². The quantitative estimate of drug-likeness (QED) is 0.815. The van der Waals surface area contributed by atoms with Gasteiger partial charge in [-0.2, -0.15) is 0 Å². The Hall–Kier alpha value is -2.48. The zero-order chi connectivity index (χ0) is 14.5. The third-order valence-corrected chi connectivity index (χ3v) is 2.78. The lowest BCUT2D eigenvalue weighted by Gasteiger charge is -2.12. The number of methoxy groups -OCH3 is 1. The van der Waals surface area contributed by atoms with Gasteiger partial charge in [-0.05, 0) is 22.9 Å². The standard InChI is InChI=1S/C12H16N6O2/c1-3-11(13)12(19)15-8-4-9(6-10(5-8)20-2)18-7-14-16-17-18/h4-7,11H,3,13H2,1-2H3,(H,15,19)/t11-/m0/s1. The summed E-state index contributed by atoms with van der Waals surface area (Å²) in [5.41, 5.74) is 6.94. The van der Waals surface area contributed by atoms with Crippen molar-refractivity contribution in [3.8, 4) is 11.4 Å². The van der Waals surface area contributed by atoms with Gasteiger partial charge < -0.3 is 15.8 Å². The summed E-state index contributed by atoms with van der Waals surface area (Å²) in [5.74, 6) is 0.335. The number of carbonyl (C=O) groups excluding carboxylic acids is 1. The van der Waals surface area contributed by atoms with Crippen LogP contribution in [0.15, 0.2) is 24.5 Å². The van der Waals surface area contributed by atoms with Crippen LogP contribution in [-0.2, 0) is 4.79 Å². The highest BCUT2D eigenvalue weighted by Gasteiger charge is 2.12. The number of amides is 1. The Kier molecular flexibility index (Phi) is 4.26. The van der Waals surface area contributed by atoms with Crippen LogP contribution in [0.4, 0.5) is 5.69 Å². The van der Waals surface area contributed by atoms with Crippen LogP contribution in [0.5, 0.6) is 5.75 Å². The minimum Gasteiger partial charge on any atom is -0.497 e. The predicted molar refractivity (Wildman–Crippen MR) is 72.6 cm³/mol. The van der Waals surface area contributed by atoms with Crippen molar-refractivity contribution in [2.24, 2.45) is 5.73 Å². The summed E-state index contributed by atoms with van der Waals surface area (Å²) in [4.78, 5) is 11.8. The minimum absolute atomic E-state index is 0.247. The largest absolute Gasteiger partial charge is 0.497 e. The lowest BCUT2D eigenvalue weighted by molar-refractivity contribution is -0.117. The van der Waals surface area contributed by atoms with Crippen molar-refractivity contribution in [2.45, 2.75) is 19.4 Å². The molecule has 1 aromatic carbocycles. The SMILES string of the molecule is CC[C@H](N)C(=O)Nc1cc(OC)cc(-n2cnnn2)c1. The highest BCUT2D eigenvalue weighted by atomic mass is 16.5. The van der Waals surface area contributed by atoms with E-state index in [9.17, 15) is 4.79 Å². The third-order valence-electron chi connectivity index (χ3n) is 2.78. The second kappa shape index (κ2) is 6.11. The molecule has 2 aromatic rings. The van der Waals surface area contributed by atoms with E-state index in [1.54, 1.807) is 25.3 Å². The molecule has 106 valence electrons. The molecule has 8 heteroatoms. The van der Waals surface area contributed by atoms with Crippen LogP contribution in [0.3, 0.4) is 0 Å². The molecule has 1 heterocycles. The molecule has 0 saturated heterocycles. The van der Waals surface area contributed by atoms with Crippen LogP contribution < -0.4 is 15.8 Å². The van der Waals surface area contributed by atoms with Gasteiger partial charge in [0.25, 0.3) is 0 Å². The molecular formula is C12H16N6O2. The van der Waals surface area contributed by atoms with E-state index < -0.39 is 6.04 Å². The number of benzene rings is 1. The summed E-state index contributed by atoms with van der Waals surface area (Å²) in [7, 11) is 1.54. The number of carbonyl (C=O) groups is 1. The fourth-order valence-corrected chi connectivity index (χ4v) is 1.61. The molecule has 0 saturated carbocycles. The Morgan fingerprint density at radius 3 is 2.90 bits per heavy atom. The van der Waals surface area contributed by atoms with Crippen LogP contribution in [0.25, 0.3) is 5.69 Å². The molecule has 1 atom stereocenters. The van der Waals surface area contributed by atoms with Crippen molar-refractivity contribution in [1.82, 2.24) is 20.2 Å². The first-order valence-corrected chi connectivity index (χ1v) is 6.13. The van der Waals surface area contributed by atoms with Crippen molar-refractivity contribution >= 4 is 11.6 Å². The van der Waals surface area contributed by atoms with Gasteiger partial charge in [-0.25, -0.2) is 4.68 Å². The molecule has 0 fully saturated rings. The first-order chi connectivity index (χ1) is 9.63. The van der Waals surface area contributed by atoms with E-state index in [2.05, 4.69) is 20.8 Å². The summed E-state index contributed by atoms with van der Waals surface area (Å²) in [6.45, 7) is 1.85. The van der Waals surface area contributed by atoms with Gasteiger partial charge in [-0.3, -0.25) is 4.79 Å². The maximum Gasteiger partial charge on any atom is 0.241 e. The van der Waals surface area contributed by atoms with E-state index in [-0.39, 0.29) is 5.91 Å². The molecule has 1 amide bonds. The first-order valence-electron chi connectivity index (χ1n) is 6.13. The maximum absolute atomic E-state index is 11.8. The molecular weight excluding hydrogens is 260 g/mol. The smallest absolute Gasteiger partial charge is 0.241 e. The van der Waals surface area contributed by atoms with Crippen LogP contribution >= 0.6 is 0 Å². The molecule has 2 rings (SSSR count). The second-order valence-electron chi connectivity index (χ2n) is 4.18. The number of rotatable bonds is 5. The number of nitrogens with zero attached hydrogens (tertiary/aromatic N) is 4. The Morgan fingerprint density at radius 2 is 2.30 bits per heavy atom. The van der Waals surface area contributed by atoms with E-state index in [0.717, 1.165) is 0 Å². The normalized spacial score (nSPS) is 11.9. The fourth-order valence-electron chi connectivity index (χ4n) is 1.61. The number of ether oxygens (including phenoxy) is 1. The number of nitrogens with one attached hydrogen (secondary N) is 1. The summed E-state index contributed by atoms with van der Waals surface area (Å²) in [6.07, 6.45) is 2.02. The van der Waals surface area contributed by atoms with Gasteiger partial charge in [0, 0.05) is 17.8 Å². The summed E-state index contributed by atoms with van der Waals surface area (Å²) < 4.78 is 6.67. The number of tetrazole rings is 1. The predicted octanol–water partition coefficient (Wildman–Crippen LogP) is 0.347. The van der Waals surface area contributed by atoms with Gasteiger partial charge in [0.1, 0.15) is 12.1 Å². The monoisotopic (exact) mass is 276 g/mol. The summed E-state index contributed by atoms with van der Waals surface area (Å²) in [5, 5.41) is 13.7. The average molecular weight is 276 g/mol. The van der Waals surface area contributed by atoms with Gasteiger partial charge in [0.15, 0.2) is 0 Å². The molecule has 20 heavy (non-hydrogen) atoms. The average Bonchev–Trinajstić information content (AvgIpc) is 3.00. The molecule has 0 unspecified atom stereocenters. The Balaban J connectivity index is 2.29. The Bertz CT molecular complexity index is 584. The minimum atomic E-state index is -0.544.